The van der Waals surface area contributed by atoms with Crippen LogP contribution in [-0.4, -0.2) is 11.1 Å². The second kappa shape index (κ2) is 5.68. The Hall–Kier alpha value is -1.99. The molecule has 0 atom stereocenters. The molecule has 0 heterocycles. The SMILES string of the molecule is NN=C(N)NNOCc1cccc(O)c1. The molecule has 0 fully saturated rings. The molecule has 0 aliphatic carbocycles. The molecule has 1 aromatic rings. The maximum absolute atomic E-state index is 9.15. The third-order valence-corrected chi connectivity index (χ3v) is 1.54. The molecule has 7 N–H and O–H groups in total. The third kappa shape index (κ3) is 4.16. The zero-order chi connectivity index (χ0) is 11.1. The van der Waals surface area contributed by atoms with Gasteiger partial charge in [0.2, 0.25) is 5.96 Å². The number of phenolic OH excluding ortho intramolecular Hbond substituents is 1. The Morgan fingerprint density at radius 2 is 2.33 bits per heavy atom. The van der Waals surface area contributed by atoms with Crippen LogP contribution < -0.4 is 22.6 Å². The van der Waals surface area contributed by atoms with Crippen molar-refractivity contribution in [3.8, 4) is 5.75 Å². The molecular weight excluding hydrogens is 198 g/mol. The van der Waals surface area contributed by atoms with Crippen LogP contribution >= 0.6 is 0 Å². The Kier molecular flexibility index (Phi) is 4.20. The number of phenols is 1. The van der Waals surface area contributed by atoms with E-state index in [2.05, 4.69) is 16.1 Å². The van der Waals surface area contributed by atoms with Gasteiger partial charge in [0.1, 0.15) is 5.75 Å². The van der Waals surface area contributed by atoms with Crippen LogP contribution in [0, 0.1) is 0 Å². The number of aromatic hydroxyl groups is 1. The van der Waals surface area contributed by atoms with Crippen molar-refractivity contribution in [1.82, 2.24) is 11.0 Å². The number of hydrazine groups is 1. The lowest BCUT2D eigenvalue weighted by molar-refractivity contribution is 0.0120. The normalized spacial score (nSPS) is 11.3. The molecule has 0 unspecified atom stereocenters. The highest BCUT2D eigenvalue weighted by Crippen LogP contribution is 2.10. The summed E-state index contributed by atoms with van der Waals surface area (Å²) in [6.45, 7) is 0.263. The van der Waals surface area contributed by atoms with E-state index in [0.717, 1.165) is 5.56 Å². The summed E-state index contributed by atoms with van der Waals surface area (Å²) >= 11 is 0. The Morgan fingerprint density at radius 3 is 3.00 bits per heavy atom. The van der Waals surface area contributed by atoms with E-state index in [-0.39, 0.29) is 18.3 Å². The summed E-state index contributed by atoms with van der Waals surface area (Å²) < 4.78 is 0. The summed E-state index contributed by atoms with van der Waals surface area (Å²) in [6.07, 6.45) is 0. The molecule has 0 saturated heterocycles. The van der Waals surface area contributed by atoms with Crippen molar-refractivity contribution in [1.29, 1.82) is 0 Å². The van der Waals surface area contributed by atoms with Gasteiger partial charge in [-0.05, 0) is 17.7 Å². The monoisotopic (exact) mass is 211 g/mol. The number of nitrogens with zero attached hydrogens (tertiary/aromatic N) is 1. The van der Waals surface area contributed by atoms with Gasteiger partial charge in [-0.2, -0.15) is 0 Å². The average molecular weight is 211 g/mol. The Balaban J connectivity index is 2.26. The van der Waals surface area contributed by atoms with Crippen molar-refractivity contribution in [2.24, 2.45) is 16.7 Å². The molecule has 1 aromatic carbocycles. The molecule has 0 aromatic heterocycles. The minimum Gasteiger partial charge on any atom is -0.508 e. The van der Waals surface area contributed by atoms with E-state index in [4.69, 9.17) is 21.5 Å². The first kappa shape index (κ1) is 11.1. The van der Waals surface area contributed by atoms with Gasteiger partial charge >= 0.3 is 0 Å². The number of benzene rings is 1. The summed E-state index contributed by atoms with van der Waals surface area (Å²) in [4.78, 5) is 4.96. The van der Waals surface area contributed by atoms with Crippen LogP contribution in [0.15, 0.2) is 29.4 Å². The largest absolute Gasteiger partial charge is 0.508 e. The van der Waals surface area contributed by atoms with Gasteiger partial charge < -0.3 is 16.7 Å². The van der Waals surface area contributed by atoms with Crippen LogP contribution in [0.3, 0.4) is 0 Å². The van der Waals surface area contributed by atoms with Crippen molar-refractivity contribution in [2.45, 2.75) is 6.61 Å². The van der Waals surface area contributed by atoms with Crippen LogP contribution in [-0.2, 0) is 11.4 Å². The molecule has 15 heavy (non-hydrogen) atoms. The predicted octanol–water partition coefficient (Wildman–Crippen LogP) is -0.894. The molecule has 0 radical (unpaired) electrons. The molecule has 0 bridgehead atoms. The first-order chi connectivity index (χ1) is 7.22. The lowest BCUT2D eigenvalue weighted by atomic mass is 10.2. The standard InChI is InChI=1S/C8H13N5O2/c9-8(11-10)12-13-15-5-6-2-1-3-7(14)4-6/h1-4,13-14H,5,10H2,(H3,9,11,12). The van der Waals surface area contributed by atoms with Crippen LogP contribution in [0.25, 0.3) is 0 Å². The summed E-state index contributed by atoms with van der Waals surface area (Å²) in [6, 6.07) is 6.69. The number of nitrogens with two attached hydrogens (primary N) is 2. The fourth-order valence-corrected chi connectivity index (χ4v) is 0.886. The summed E-state index contributed by atoms with van der Waals surface area (Å²) in [5, 5.41) is 12.3. The predicted molar refractivity (Wildman–Crippen MR) is 55.0 cm³/mol. The maximum Gasteiger partial charge on any atom is 0.226 e. The van der Waals surface area contributed by atoms with Crippen molar-refractivity contribution in [3.05, 3.63) is 29.8 Å². The van der Waals surface area contributed by atoms with Crippen LogP contribution in [0.5, 0.6) is 5.75 Å². The molecule has 0 saturated carbocycles. The minimum atomic E-state index is 0.00547. The number of hydrazone groups is 1. The number of hydrogen-bond acceptors (Lipinski definition) is 5. The lowest BCUT2D eigenvalue weighted by Gasteiger charge is -2.07. The second-order valence-corrected chi connectivity index (χ2v) is 2.70. The smallest absolute Gasteiger partial charge is 0.226 e. The molecular formula is C8H13N5O2. The van der Waals surface area contributed by atoms with Gasteiger partial charge in [0, 0.05) is 0 Å². The van der Waals surface area contributed by atoms with E-state index in [1.54, 1.807) is 18.2 Å². The van der Waals surface area contributed by atoms with Gasteiger partial charge in [-0.3, -0.25) is 10.3 Å². The highest BCUT2D eigenvalue weighted by Gasteiger charge is 1.94. The number of guanidine groups is 1. The quantitative estimate of drug-likeness (QED) is 0.145. The van der Waals surface area contributed by atoms with Crippen LogP contribution in [0.4, 0.5) is 0 Å². The van der Waals surface area contributed by atoms with Crippen molar-refractivity contribution in [3.63, 3.8) is 0 Å². The Bertz CT molecular complexity index is 342. The van der Waals surface area contributed by atoms with E-state index in [1.807, 2.05) is 6.07 Å². The zero-order valence-electron chi connectivity index (χ0n) is 7.97. The second-order valence-electron chi connectivity index (χ2n) is 2.70. The van der Waals surface area contributed by atoms with Gasteiger partial charge in [0.25, 0.3) is 0 Å². The summed E-state index contributed by atoms with van der Waals surface area (Å²) in [5.41, 5.74) is 10.7. The molecule has 82 valence electrons. The first-order valence-electron chi connectivity index (χ1n) is 4.16. The first-order valence-corrected chi connectivity index (χ1v) is 4.16. The number of rotatable bonds is 4. The maximum atomic E-state index is 9.15. The van der Waals surface area contributed by atoms with E-state index < -0.39 is 0 Å². The van der Waals surface area contributed by atoms with Gasteiger partial charge in [-0.15, -0.1) is 10.7 Å². The van der Waals surface area contributed by atoms with Crippen LogP contribution in [0.2, 0.25) is 0 Å². The molecule has 0 spiro atoms. The highest BCUT2D eigenvalue weighted by molar-refractivity contribution is 5.76. The molecule has 1 rings (SSSR count). The molecule has 7 heteroatoms. The summed E-state index contributed by atoms with van der Waals surface area (Å²) in [7, 11) is 0. The van der Waals surface area contributed by atoms with Gasteiger partial charge in [-0.25, -0.2) is 0 Å². The van der Waals surface area contributed by atoms with E-state index in [0.29, 0.717) is 0 Å². The number of nitrogens with one attached hydrogen (secondary N) is 2. The van der Waals surface area contributed by atoms with E-state index in [1.165, 1.54) is 0 Å². The van der Waals surface area contributed by atoms with Gasteiger partial charge in [0.15, 0.2) is 0 Å². The zero-order valence-corrected chi connectivity index (χ0v) is 7.97. The van der Waals surface area contributed by atoms with Crippen molar-refractivity contribution in [2.75, 3.05) is 0 Å². The molecule has 0 amide bonds. The minimum absolute atomic E-state index is 0.00547. The number of hydrogen-bond donors (Lipinski definition) is 5. The van der Waals surface area contributed by atoms with E-state index in [9.17, 15) is 0 Å². The Morgan fingerprint density at radius 1 is 1.53 bits per heavy atom. The fourth-order valence-electron chi connectivity index (χ4n) is 0.886. The molecule has 0 aliphatic rings. The lowest BCUT2D eigenvalue weighted by Crippen LogP contribution is -2.42. The molecule has 7 nitrogen and oxygen atoms in total. The van der Waals surface area contributed by atoms with Gasteiger partial charge in [0.05, 0.1) is 6.61 Å². The van der Waals surface area contributed by atoms with Crippen molar-refractivity contribution < 1.29 is 9.94 Å². The van der Waals surface area contributed by atoms with Crippen LogP contribution in [0.1, 0.15) is 5.56 Å². The van der Waals surface area contributed by atoms with Gasteiger partial charge in [-0.1, -0.05) is 12.1 Å². The highest BCUT2D eigenvalue weighted by atomic mass is 16.7. The van der Waals surface area contributed by atoms with Crippen molar-refractivity contribution >= 4 is 5.96 Å². The molecule has 0 aliphatic heterocycles. The Labute approximate surface area is 86.6 Å². The average Bonchev–Trinajstić information content (AvgIpc) is 2.24. The third-order valence-electron chi connectivity index (χ3n) is 1.54. The fraction of sp³-hybridized carbons (Fsp3) is 0.125. The topological polar surface area (TPSA) is 118 Å². The summed E-state index contributed by atoms with van der Waals surface area (Å²) in [5.74, 6) is 5.05. The van der Waals surface area contributed by atoms with E-state index >= 15 is 0 Å².